The van der Waals surface area contributed by atoms with E-state index in [1.54, 1.807) is 12.1 Å². The lowest BCUT2D eigenvalue weighted by Crippen LogP contribution is -2.35. The van der Waals surface area contributed by atoms with Crippen LogP contribution < -0.4 is 5.73 Å². The maximum absolute atomic E-state index is 12.5. The monoisotopic (exact) mass is 318 g/mol. The van der Waals surface area contributed by atoms with Crippen LogP contribution in [0, 0.1) is 0 Å². The number of nitrogens with two attached hydrogens (primary N) is 1. The molecule has 0 aromatic heterocycles. The first-order valence-corrected chi connectivity index (χ1v) is 8.19. The molecule has 0 amide bonds. The van der Waals surface area contributed by atoms with Crippen LogP contribution in [0.4, 0.5) is 0 Å². The first kappa shape index (κ1) is 14.7. The fraction of sp³-hybridized carbons (Fsp3) is 0.417. The molecule has 0 unspecified atom stereocenters. The molecule has 0 aliphatic heterocycles. The van der Waals surface area contributed by atoms with E-state index in [0.717, 1.165) is 12.8 Å². The molecule has 4 nitrogen and oxygen atoms in total. The summed E-state index contributed by atoms with van der Waals surface area (Å²) in [6.07, 6.45) is 2.19. The van der Waals surface area contributed by atoms with E-state index in [4.69, 9.17) is 29.6 Å². The second-order valence-electron chi connectivity index (χ2n) is 4.52. The smallest absolute Gasteiger partial charge is 0.243 e. The van der Waals surface area contributed by atoms with E-state index in [1.807, 2.05) is 0 Å². The number of sulfonamides is 1. The minimum Gasteiger partial charge on any atom is -0.393 e. The summed E-state index contributed by atoms with van der Waals surface area (Å²) in [7, 11) is -3.49. The van der Waals surface area contributed by atoms with E-state index >= 15 is 0 Å². The van der Waals surface area contributed by atoms with Gasteiger partial charge < -0.3 is 5.73 Å². The van der Waals surface area contributed by atoms with E-state index < -0.39 is 10.0 Å². The van der Waals surface area contributed by atoms with Crippen molar-refractivity contribution in [3.05, 3.63) is 29.3 Å². The molecule has 104 valence electrons. The Bertz CT molecular complexity index is 568. The van der Waals surface area contributed by atoms with E-state index in [1.165, 1.54) is 16.4 Å². The lowest BCUT2D eigenvalue weighted by atomic mass is 10.4. The van der Waals surface area contributed by atoms with Crippen LogP contribution in [-0.2, 0) is 10.0 Å². The van der Waals surface area contributed by atoms with Gasteiger partial charge in [0.1, 0.15) is 0 Å². The Morgan fingerprint density at radius 1 is 1.37 bits per heavy atom. The molecule has 0 saturated heterocycles. The van der Waals surface area contributed by atoms with E-state index in [0.29, 0.717) is 23.0 Å². The highest BCUT2D eigenvalue weighted by atomic mass is 35.5. The predicted octanol–water partition coefficient (Wildman–Crippen LogP) is 2.17. The molecule has 1 aromatic carbocycles. The second kappa shape index (κ2) is 5.75. The maximum atomic E-state index is 12.5. The largest absolute Gasteiger partial charge is 0.393 e. The van der Waals surface area contributed by atoms with Crippen molar-refractivity contribution in [1.29, 1.82) is 0 Å². The lowest BCUT2D eigenvalue weighted by molar-refractivity contribution is 0.413. The number of hydrogen-bond acceptors (Lipinski definition) is 3. The zero-order valence-corrected chi connectivity index (χ0v) is 12.6. The summed E-state index contributed by atoms with van der Waals surface area (Å²) in [5.41, 5.74) is 5.46. The van der Waals surface area contributed by atoms with Crippen LogP contribution in [0.2, 0.25) is 5.02 Å². The Balaban J connectivity index is 2.23. The Labute approximate surface area is 123 Å². The van der Waals surface area contributed by atoms with E-state index in [9.17, 15) is 8.42 Å². The van der Waals surface area contributed by atoms with E-state index in [2.05, 4.69) is 0 Å². The van der Waals surface area contributed by atoms with Gasteiger partial charge in [0.2, 0.25) is 10.0 Å². The van der Waals surface area contributed by atoms with Crippen LogP contribution in [0.3, 0.4) is 0 Å². The van der Waals surface area contributed by atoms with Gasteiger partial charge in [-0.3, -0.25) is 0 Å². The molecule has 7 heteroatoms. The molecule has 1 saturated carbocycles. The molecule has 19 heavy (non-hydrogen) atoms. The first-order chi connectivity index (χ1) is 8.91. The minimum atomic E-state index is -3.49. The molecule has 0 spiro atoms. The third-order valence-corrected chi connectivity index (χ3v) is 5.38. The SMILES string of the molecule is NC(=S)CCN(C1CC1)S(=O)(=O)c1ccc(Cl)cc1. The van der Waals surface area contributed by atoms with Gasteiger partial charge in [-0.15, -0.1) is 0 Å². The lowest BCUT2D eigenvalue weighted by Gasteiger charge is -2.21. The van der Waals surface area contributed by atoms with Crippen LogP contribution in [0.5, 0.6) is 0 Å². The molecule has 0 radical (unpaired) electrons. The highest BCUT2D eigenvalue weighted by molar-refractivity contribution is 7.89. The summed E-state index contributed by atoms with van der Waals surface area (Å²) in [6, 6.07) is 6.27. The summed E-state index contributed by atoms with van der Waals surface area (Å²) >= 11 is 10.6. The zero-order chi connectivity index (χ0) is 14.0. The molecule has 2 N–H and O–H groups in total. The third kappa shape index (κ3) is 3.66. The average Bonchev–Trinajstić information content (AvgIpc) is 3.13. The van der Waals surface area contributed by atoms with Crippen LogP contribution >= 0.6 is 23.8 Å². The van der Waals surface area contributed by atoms with Gasteiger partial charge in [0, 0.05) is 24.0 Å². The number of thiocarbonyl (C=S) groups is 1. The van der Waals surface area contributed by atoms with Crippen molar-refractivity contribution in [3.8, 4) is 0 Å². The summed E-state index contributed by atoms with van der Waals surface area (Å²) < 4.78 is 26.6. The van der Waals surface area contributed by atoms with E-state index in [-0.39, 0.29) is 10.9 Å². The quantitative estimate of drug-likeness (QED) is 0.816. The highest BCUT2D eigenvalue weighted by Gasteiger charge is 2.37. The number of nitrogens with zero attached hydrogens (tertiary/aromatic N) is 1. The van der Waals surface area contributed by atoms with Gasteiger partial charge in [-0.1, -0.05) is 23.8 Å². The second-order valence-corrected chi connectivity index (χ2v) is 7.37. The van der Waals surface area contributed by atoms with Gasteiger partial charge >= 0.3 is 0 Å². The standard InChI is InChI=1S/C12H15ClN2O2S2/c13-9-1-5-11(6-2-9)19(16,17)15(10-3-4-10)8-7-12(14)18/h1-2,5-6,10H,3-4,7-8H2,(H2,14,18). The van der Waals surface area contributed by atoms with Crippen molar-refractivity contribution in [2.45, 2.75) is 30.2 Å². The van der Waals surface area contributed by atoms with Gasteiger partial charge in [-0.2, -0.15) is 4.31 Å². The fourth-order valence-corrected chi connectivity index (χ4v) is 3.73. The highest BCUT2D eigenvalue weighted by Crippen LogP contribution is 2.32. The van der Waals surface area contributed by atoms with Crippen molar-refractivity contribution in [2.75, 3.05) is 6.54 Å². The molecule has 1 aliphatic carbocycles. The number of hydrogen-bond donors (Lipinski definition) is 1. The van der Waals surface area contributed by atoms with Gasteiger partial charge in [-0.05, 0) is 37.1 Å². The summed E-state index contributed by atoms with van der Waals surface area (Å²) in [5, 5.41) is 0.514. The van der Waals surface area contributed by atoms with Crippen molar-refractivity contribution in [3.63, 3.8) is 0 Å². The molecule has 2 rings (SSSR count). The Kier molecular flexibility index (Phi) is 4.45. The van der Waals surface area contributed by atoms with Gasteiger partial charge in [0.25, 0.3) is 0 Å². The van der Waals surface area contributed by atoms with Crippen molar-refractivity contribution < 1.29 is 8.42 Å². The molecule has 0 bridgehead atoms. The molecule has 0 atom stereocenters. The average molecular weight is 319 g/mol. The minimum absolute atomic E-state index is 0.0787. The van der Waals surface area contributed by atoms with Crippen LogP contribution in [-0.4, -0.2) is 30.3 Å². The van der Waals surface area contributed by atoms with Gasteiger partial charge in [0.05, 0.1) is 9.88 Å². The maximum Gasteiger partial charge on any atom is 0.243 e. The van der Waals surface area contributed by atoms with Gasteiger partial charge in [-0.25, -0.2) is 8.42 Å². The summed E-state index contributed by atoms with van der Waals surface area (Å²) in [4.78, 5) is 0.587. The predicted molar refractivity (Wildman–Crippen MR) is 79.8 cm³/mol. The molecule has 1 aliphatic rings. The van der Waals surface area contributed by atoms with Crippen LogP contribution in [0.15, 0.2) is 29.2 Å². The number of halogens is 1. The topological polar surface area (TPSA) is 63.4 Å². The molecular weight excluding hydrogens is 304 g/mol. The zero-order valence-electron chi connectivity index (χ0n) is 10.3. The number of benzene rings is 1. The van der Waals surface area contributed by atoms with Crippen LogP contribution in [0.25, 0.3) is 0 Å². The molecule has 1 fully saturated rings. The Morgan fingerprint density at radius 2 is 1.95 bits per heavy atom. The Morgan fingerprint density at radius 3 is 2.42 bits per heavy atom. The van der Waals surface area contributed by atoms with Crippen LogP contribution in [0.1, 0.15) is 19.3 Å². The molecule has 0 heterocycles. The summed E-state index contributed by atoms with van der Waals surface area (Å²) in [6.45, 7) is 0.338. The number of rotatable bonds is 6. The first-order valence-electron chi connectivity index (χ1n) is 5.97. The van der Waals surface area contributed by atoms with Gasteiger partial charge in [0.15, 0.2) is 0 Å². The Hall–Kier alpha value is -0.690. The van der Waals surface area contributed by atoms with Crippen molar-refractivity contribution in [2.24, 2.45) is 5.73 Å². The van der Waals surface area contributed by atoms with Crippen molar-refractivity contribution in [1.82, 2.24) is 4.31 Å². The molecule has 1 aromatic rings. The third-order valence-electron chi connectivity index (χ3n) is 2.95. The fourth-order valence-electron chi connectivity index (χ4n) is 1.82. The molecular formula is C12H15ClN2O2S2. The van der Waals surface area contributed by atoms with Crippen molar-refractivity contribution >= 4 is 38.8 Å². The normalized spacial score (nSPS) is 15.7. The summed E-state index contributed by atoms with van der Waals surface area (Å²) in [5.74, 6) is 0.